The van der Waals surface area contributed by atoms with Crippen molar-refractivity contribution in [2.24, 2.45) is 5.16 Å². The summed E-state index contributed by atoms with van der Waals surface area (Å²) in [6.07, 6.45) is 0. The lowest BCUT2D eigenvalue weighted by atomic mass is 9.77. The molecule has 7 nitrogen and oxygen atoms in total. The molecule has 1 heterocycles. The Morgan fingerprint density at radius 3 is 1.85 bits per heavy atom. The normalized spacial score (nSPS) is 11.7. The molecule has 0 bridgehead atoms. The maximum Gasteiger partial charge on any atom is 0.360 e. The maximum atomic E-state index is 11.7. The Bertz CT molecular complexity index is 1150. The van der Waals surface area contributed by atoms with Crippen molar-refractivity contribution in [1.82, 2.24) is 4.98 Å². The van der Waals surface area contributed by atoms with Crippen molar-refractivity contribution in [3.8, 4) is 0 Å². The summed E-state index contributed by atoms with van der Waals surface area (Å²) in [4.78, 5) is 21.1. The number of oxime groups is 1. The lowest BCUT2D eigenvalue weighted by Gasteiger charge is -2.36. The van der Waals surface area contributed by atoms with E-state index < -0.39 is 11.5 Å². The fourth-order valence-electron chi connectivity index (χ4n) is 3.73. The molecule has 0 aliphatic heterocycles. The minimum absolute atomic E-state index is 0.106. The van der Waals surface area contributed by atoms with Crippen LogP contribution in [0.25, 0.3) is 0 Å². The van der Waals surface area contributed by atoms with E-state index >= 15 is 0 Å². The highest BCUT2D eigenvalue weighted by Crippen LogP contribution is 2.40. The molecule has 3 N–H and O–H groups in total. The summed E-state index contributed by atoms with van der Waals surface area (Å²) in [6.45, 7) is -0.376. The zero-order chi connectivity index (χ0) is 23.8. The number of aliphatic hydroxyl groups is 1. The van der Waals surface area contributed by atoms with Crippen LogP contribution in [0.15, 0.2) is 102 Å². The van der Waals surface area contributed by atoms with Crippen LogP contribution in [0.5, 0.6) is 0 Å². The number of aromatic nitrogens is 1. The van der Waals surface area contributed by atoms with E-state index in [9.17, 15) is 9.90 Å². The van der Waals surface area contributed by atoms with E-state index in [0.717, 1.165) is 16.7 Å². The molecule has 4 aromatic rings. The Morgan fingerprint density at radius 2 is 1.41 bits per heavy atom. The van der Waals surface area contributed by atoms with E-state index in [4.69, 9.17) is 9.94 Å². The van der Waals surface area contributed by atoms with Gasteiger partial charge in [0, 0.05) is 5.38 Å². The minimum Gasteiger partial charge on any atom is -0.476 e. The summed E-state index contributed by atoms with van der Waals surface area (Å²) in [5, 5.41) is 27.8. The molecule has 0 aliphatic rings. The number of thiazole rings is 1. The third-order valence-corrected chi connectivity index (χ3v) is 5.96. The zero-order valence-corrected chi connectivity index (χ0v) is 19.0. The predicted molar refractivity (Wildman–Crippen MR) is 132 cm³/mol. The number of anilines is 1. The van der Waals surface area contributed by atoms with E-state index in [1.54, 1.807) is 5.38 Å². The Balaban J connectivity index is 1.84. The molecular formula is C26H23N3O4S. The average molecular weight is 474 g/mol. The van der Waals surface area contributed by atoms with Crippen molar-refractivity contribution in [3.05, 3.63) is 119 Å². The van der Waals surface area contributed by atoms with Crippen LogP contribution in [0.2, 0.25) is 0 Å². The number of carboxylic acid groups (broad SMARTS) is 1. The first kappa shape index (κ1) is 23.2. The molecule has 0 amide bonds. The van der Waals surface area contributed by atoms with Crippen LogP contribution in [-0.4, -0.2) is 40.1 Å². The fourth-order valence-corrected chi connectivity index (χ4v) is 4.48. The first-order chi connectivity index (χ1) is 16.6. The molecule has 3 aromatic carbocycles. The number of benzene rings is 3. The van der Waals surface area contributed by atoms with Gasteiger partial charge in [-0.3, -0.25) is 0 Å². The van der Waals surface area contributed by atoms with Crippen LogP contribution < -0.4 is 5.32 Å². The van der Waals surface area contributed by atoms with Crippen LogP contribution >= 0.6 is 11.3 Å². The van der Waals surface area contributed by atoms with Gasteiger partial charge in [-0.2, -0.15) is 0 Å². The molecule has 0 fully saturated rings. The molecule has 0 unspecified atom stereocenters. The highest BCUT2D eigenvalue weighted by molar-refractivity contribution is 7.14. The van der Waals surface area contributed by atoms with Crippen molar-refractivity contribution < 1.29 is 19.8 Å². The van der Waals surface area contributed by atoms with Gasteiger partial charge in [-0.15, -0.1) is 11.3 Å². The van der Waals surface area contributed by atoms with Gasteiger partial charge >= 0.3 is 5.97 Å². The van der Waals surface area contributed by atoms with Crippen molar-refractivity contribution in [1.29, 1.82) is 0 Å². The van der Waals surface area contributed by atoms with E-state index in [1.807, 2.05) is 91.0 Å². The van der Waals surface area contributed by atoms with Gasteiger partial charge in [0.15, 0.2) is 5.13 Å². The molecule has 8 heteroatoms. The van der Waals surface area contributed by atoms with Crippen LogP contribution in [0.1, 0.15) is 22.4 Å². The number of carbonyl (C=O) groups is 1. The molecule has 1 aromatic heterocycles. The zero-order valence-electron chi connectivity index (χ0n) is 18.2. The minimum atomic E-state index is -1.27. The molecule has 0 saturated heterocycles. The van der Waals surface area contributed by atoms with Crippen molar-refractivity contribution in [2.75, 3.05) is 18.5 Å². The first-order valence-corrected chi connectivity index (χ1v) is 11.5. The quantitative estimate of drug-likeness (QED) is 0.137. The highest BCUT2D eigenvalue weighted by atomic mass is 32.1. The molecule has 4 rings (SSSR count). The lowest BCUT2D eigenvalue weighted by Crippen LogP contribution is -2.38. The summed E-state index contributed by atoms with van der Waals surface area (Å²) >= 11 is 1.27. The van der Waals surface area contributed by atoms with Gasteiger partial charge in [-0.1, -0.05) is 96.2 Å². The van der Waals surface area contributed by atoms with E-state index in [2.05, 4.69) is 15.5 Å². The number of hydrogen-bond donors (Lipinski definition) is 3. The molecule has 0 radical (unpaired) electrons. The standard InChI is InChI=1S/C26H23N3O4S/c30-16-17-33-29-23(24(31)32)22-18-34-25(27-22)28-26(19-10-4-1-5-11-19,20-12-6-2-7-13-20)21-14-8-3-9-15-21/h1-15,18,30H,16-17H2,(H,27,28)(H,31,32)/b29-23-. The average Bonchev–Trinajstić information content (AvgIpc) is 3.34. The summed E-state index contributed by atoms with van der Waals surface area (Å²) in [5.74, 6) is -1.27. The van der Waals surface area contributed by atoms with Crippen LogP contribution in [-0.2, 0) is 15.2 Å². The summed E-state index contributed by atoms with van der Waals surface area (Å²) in [6, 6.07) is 30.1. The number of aliphatic carboxylic acids is 1. The first-order valence-electron chi connectivity index (χ1n) is 10.6. The third-order valence-electron chi connectivity index (χ3n) is 5.20. The summed E-state index contributed by atoms with van der Waals surface area (Å²) in [5.41, 5.74) is 2.06. The molecule has 0 atom stereocenters. The predicted octanol–water partition coefficient (Wildman–Crippen LogP) is 4.34. The topological polar surface area (TPSA) is 104 Å². The number of aliphatic hydroxyl groups excluding tert-OH is 1. The SMILES string of the molecule is O=C(O)/C(=N\OCCO)c1csc(NC(c2ccccc2)(c2ccccc2)c2ccccc2)n1. The van der Waals surface area contributed by atoms with Crippen LogP contribution in [0.4, 0.5) is 5.13 Å². The Hall–Kier alpha value is -4.01. The van der Waals surface area contributed by atoms with Gasteiger partial charge in [-0.05, 0) is 16.7 Å². The monoisotopic (exact) mass is 473 g/mol. The van der Waals surface area contributed by atoms with Crippen molar-refractivity contribution in [3.63, 3.8) is 0 Å². The lowest BCUT2D eigenvalue weighted by molar-refractivity contribution is -0.129. The van der Waals surface area contributed by atoms with E-state index in [-0.39, 0.29) is 24.6 Å². The van der Waals surface area contributed by atoms with Crippen LogP contribution in [0.3, 0.4) is 0 Å². The van der Waals surface area contributed by atoms with Crippen molar-refractivity contribution in [2.45, 2.75) is 5.54 Å². The smallest absolute Gasteiger partial charge is 0.360 e. The second kappa shape index (κ2) is 10.7. The van der Waals surface area contributed by atoms with E-state index in [0.29, 0.717) is 5.13 Å². The Labute approximate surface area is 201 Å². The van der Waals surface area contributed by atoms with Gasteiger partial charge in [-0.25, -0.2) is 9.78 Å². The molecule has 0 spiro atoms. The number of nitrogens with one attached hydrogen (secondary N) is 1. The van der Waals surface area contributed by atoms with E-state index in [1.165, 1.54) is 11.3 Å². The van der Waals surface area contributed by atoms with Gasteiger partial charge in [0.05, 0.1) is 6.61 Å². The second-order valence-corrected chi connectivity index (χ2v) is 8.17. The Kier molecular flexibility index (Phi) is 7.31. The number of nitrogens with zero attached hydrogens (tertiary/aromatic N) is 2. The molecule has 0 aliphatic carbocycles. The number of hydrogen-bond acceptors (Lipinski definition) is 7. The molecule has 0 saturated carbocycles. The highest BCUT2D eigenvalue weighted by Gasteiger charge is 2.37. The van der Waals surface area contributed by atoms with Crippen LogP contribution in [0, 0.1) is 0 Å². The number of carboxylic acids is 1. The number of rotatable bonds is 10. The molecular weight excluding hydrogens is 450 g/mol. The van der Waals surface area contributed by atoms with Gasteiger partial charge in [0.2, 0.25) is 5.71 Å². The van der Waals surface area contributed by atoms with Gasteiger partial charge in [0.1, 0.15) is 17.8 Å². The van der Waals surface area contributed by atoms with Gasteiger partial charge in [0.25, 0.3) is 0 Å². The second-order valence-electron chi connectivity index (χ2n) is 7.31. The van der Waals surface area contributed by atoms with Crippen molar-refractivity contribution >= 4 is 28.1 Å². The fraction of sp³-hybridized carbons (Fsp3) is 0.115. The molecule has 34 heavy (non-hydrogen) atoms. The third kappa shape index (κ3) is 4.83. The largest absolute Gasteiger partial charge is 0.476 e. The van der Waals surface area contributed by atoms with Gasteiger partial charge < -0.3 is 20.4 Å². The summed E-state index contributed by atoms with van der Waals surface area (Å²) < 4.78 is 0. The Morgan fingerprint density at radius 1 is 0.912 bits per heavy atom. The summed E-state index contributed by atoms with van der Waals surface area (Å²) in [7, 11) is 0. The maximum absolute atomic E-state index is 11.7. The molecule has 172 valence electrons.